The first-order valence-electron chi connectivity index (χ1n) is 8.62. The van der Waals surface area contributed by atoms with Gasteiger partial charge in [0.05, 0.1) is 12.0 Å². The molecule has 2 aromatic carbocycles. The molecule has 9 heteroatoms. The van der Waals surface area contributed by atoms with Crippen LogP contribution < -0.4 is 10.2 Å². The molecule has 2 atom stereocenters. The second-order valence-electron chi connectivity index (χ2n) is 6.53. The lowest BCUT2D eigenvalue weighted by molar-refractivity contribution is -0.924. The van der Waals surface area contributed by atoms with E-state index >= 15 is 0 Å². The fourth-order valence-corrected chi connectivity index (χ4v) is 3.58. The average molecular weight is 405 g/mol. The fraction of sp³-hybridized carbons (Fsp3) is 0.263. The molecule has 1 heterocycles. The number of nitrogens with one attached hydrogen (secondary N) is 2. The van der Waals surface area contributed by atoms with E-state index in [4.69, 9.17) is 16.3 Å². The average Bonchev–Trinajstić information content (AvgIpc) is 2.66. The Morgan fingerprint density at radius 1 is 1.29 bits per heavy atom. The standard InChI is InChI=1S/C19H18ClN3O5/c1-28-19(25)17-8-12-4-2-3-5-13(12)10-22(17)11-18(24)21-15-9-14(20)6-7-16(15)23(26)27/h2-7,9,17H,8,10-11H2,1H3,(H,21,24)/p+1/t17-/m1/s1. The summed E-state index contributed by atoms with van der Waals surface area (Å²) in [5, 5.41) is 14.0. The highest BCUT2D eigenvalue weighted by molar-refractivity contribution is 6.31. The van der Waals surface area contributed by atoms with Crippen LogP contribution in [0, 0.1) is 10.1 Å². The predicted molar refractivity (Wildman–Crippen MR) is 102 cm³/mol. The van der Waals surface area contributed by atoms with E-state index in [0.717, 1.165) is 11.1 Å². The van der Waals surface area contributed by atoms with Gasteiger partial charge in [0.1, 0.15) is 12.2 Å². The third-order valence-electron chi connectivity index (χ3n) is 4.76. The topological polar surface area (TPSA) is 103 Å². The molecule has 0 aliphatic carbocycles. The highest BCUT2D eigenvalue weighted by Gasteiger charge is 2.37. The van der Waals surface area contributed by atoms with Crippen LogP contribution in [-0.4, -0.2) is 36.5 Å². The van der Waals surface area contributed by atoms with E-state index in [1.807, 2.05) is 24.3 Å². The summed E-state index contributed by atoms with van der Waals surface area (Å²) in [6.45, 7) is 0.429. The zero-order chi connectivity index (χ0) is 20.3. The molecule has 0 spiro atoms. The summed E-state index contributed by atoms with van der Waals surface area (Å²) in [5.41, 5.74) is 1.88. The Bertz CT molecular complexity index is 934. The Balaban J connectivity index is 1.79. The quantitative estimate of drug-likeness (QED) is 0.445. The van der Waals surface area contributed by atoms with Gasteiger partial charge in [0.15, 0.2) is 12.6 Å². The molecule has 1 aliphatic rings. The van der Waals surface area contributed by atoms with Crippen molar-refractivity contribution in [3.05, 3.63) is 68.7 Å². The molecule has 3 rings (SSSR count). The second-order valence-corrected chi connectivity index (χ2v) is 6.96. The van der Waals surface area contributed by atoms with Gasteiger partial charge < -0.3 is 15.0 Å². The molecule has 0 bridgehead atoms. The number of hydrogen-bond acceptors (Lipinski definition) is 5. The van der Waals surface area contributed by atoms with Crippen molar-refractivity contribution in [3.8, 4) is 0 Å². The number of benzene rings is 2. The fourth-order valence-electron chi connectivity index (χ4n) is 3.41. The van der Waals surface area contributed by atoms with Crippen molar-refractivity contribution >= 4 is 34.9 Å². The van der Waals surface area contributed by atoms with Gasteiger partial charge in [0.2, 0.25) is 0 Å². The van der Waals surface area contributed by atoms with Crippen LogP contribution in [0.2, 0.25) is 5.02 Å². The Kier molecular flexibility index (Phi) is 5.91. The molecule has 0 saturated heterocycles. The normalized spacial score (nSPS) is 18.1. The number of carbonyl (C=O) groups excluding carboxylic acids is 2. The number of nitro benzene ring substituents is 1. The SMILES string of the molecule is COC(=O)[C@H]1Cc2ccccc2C[NH+]1CC(=O)Nc1cc(Cl)ccc1[N+](=O)[O-]. The lowest BCUT2D eigenvalue weighted by atomic mass is 9.94. The molecule has 2 N–H and O–H groups in total. The number of halogens is 1. The van der Waals surface area contributed by atoms with Gasteiger partial charge in [0.25, 0.3) is 11.6 Å². The number of amides is 1. The first-order valence-corrected chi connectivity index (χ1v) is 9.00. The van der Waals surface area contributed by atoms with Crippen LogP contribution in [0.25, 0.3) is 0 Å². The number of fused-ring (bicyclic) bond motifs is 1. The molecule has 0 aromatic heterocycles. The summed E-state index contributed by atoms with van der Waals surface area (Å²) in [6.07, 6.45) is 0.461. The van der Waals surface area contributed by atoms with Gasteiger partial charge in [0, 0.05) is 23.1 Å². The van der Waals surface area contributed by atoms with Gasteiger partial charge in [-0.15, -0.1) is 0 Å². The summed E-state index contributed by atoms with van der Waals surface area (Å²) in [7, 11) is 1.32. The molecule has 28 heavy (non-hydrogen) atoms. The predicted octanol–water partition coefficient (Wildman–Crippen LogP) is 1.37. The van der Waals surface area contributed by atoms with Crippen molar-refractivity contribution in [3.63, 3.8) is 0 Å². The van der Waals surface area contributed by atoms with Gasteiger partial charge in [-0.1, -0.05) is 35.9 Å². The maximum absolute atomic E-state index is 12.6. The molecular weight excluding hydrogens is 386 g/mol. The minimum Gasteiger partial charge on any atom is -0.465 e. The van der Waals surface area contributed by atoms with Gasteiger partial charge in [-0.25, -0.2) is 4.79 Å². The van der Waals surface area contributed by atoms with Crippen LogP contribution in [0.4, 0.5) is 11.4 Å². The number of rotatable bonds is 5. The molecule has 0 radical (unpaired) electrons. The third kappa shape index (κ3) is 4.29. The van der Waals surface area contributed by atoms with E-state index < -0.39 is 22.8 Å². The minimum absolute atomic E-state index is 0.0222. The number of ether oxygens (including phenoxy) is 1. The maximum atomic E-state index is 12.6. The summed E-state index contributed by atoms with van der Waals surface area (Å²) in [4.78, 5) is 36.1. The Morgan fingerprint density at radius 2 is 2.00 bits per heavy atom. The van der Waals surface area contributed by atoms with E-state index in [1.54, 1.807) is 0 Å². The van der Waals surface area contributed by atoms with E-state index in [1.165, 1.54) is 25.3 Å². The zero-order valence-corrected chi connectivity index (χ0v) is 15.9. The second kappa shape index (κ2) is 8.37. The van der Waals surface area contributed by atoms with Crippen molar-refractivity contribution in [2.75, 3.05) is 19.0 Å². The number of carbonyl (C=O) groups is 2. The number of hydrogen-bond donors (Lipinski definition) is 2. The number of nitro groups is 1. The van der Waals surface area contributed by atoms with Crippen LogP contribution in [0.15, 0.2) is 42.5 Å². The van der Waals surface area contributed by atoms with Crippen molar-refractivity contribution in [2.24, 2.45) is 0 Å². The van der Waals surface area contributed by atoms with Crippen LogP contribution >= 0.6 is 11.6 Å². The number of esters is 1. The van der Waals surface area contributed by atoms with Crippen molar-refractivity contribution in [1.29, 1.82) is 0 Å². The van der Waals surface area contributed by atoms with Crippen LogP contribution in [0.3, 0.4) is 0 Å². The van der Waals surface area contributed by atoms with Gasteiger partial charge in [-0.3, -0.25) is 14.9 Å². The van der Waals surface area contributed by atoms with Crippen molar-refractivity contribution in [1.82, 2.24) is 0 Å². The number of quaternary nitrogens is 1. The Hall–Kier alpha value is -2.97. The Labute approximate surface area is 166 Å². The number of methoxy groups -OCH3 is 1. The van der Waals surface area contributed by atoms with E-state index in [-0.39, 0.29) is 22.9 Å². The molecule has 2 aromatic rings. The van der Waals surface area contributed by atoms with Crippen molar-refractivity contribution < 1.29 is 24.1 Å². The highest BCUT2D eigenvalue weighted by Crippen LogP contribution is 2.27. The van der Waals surface area contributed by atoms with Gasteiger partial charge in [-0.05, 0) is 17.7 Å². The zero-order valence-electron chi connectivity index (χ0n) is 15.1. The smallest absolute Gasteiger partial charge is 0.365 e. The molecule has 1 amide bonds. The lowest BCUT2D eigenvalue weighted by Gasteiger charge is -2.31. The van der Waals surface area contributed by atoms with Gasteiger partial charge in [-0.2, -0.15) is 0 Å². The van der Waals surface area contributed by atoms with E-state index in [9.17, 15) is 19.7 Å². The molecular formula is C19H19ClN3O5+. The van der Waals surface area contributed by atoms with Crippen LogP contribution in [0.1, 0.15) is 11.1 Å². The molecule has 0 fully saturated rings. The largest absolute Gasteiger partial charge is 0.465 e. The monoisotopic (exact) mass is 404 g/mol. The van der Waals surface area contributed by atoms with Crippen LogP contribution in [0.5, 0.6) is 0 Å². The van der Waals surface area contributed by atoms with Crippen LogP contribution in [-0.2, 0) is 27.3 Å². The van der Waals surface area contributed by atoms with Crippen molar-refractivity contribution in [2.45, 2.75) is 19.0 Å². The summed E-state index contributed by atoms with van der Waals surface area (Å²) < 4.78 is 4.90. The molecule has 146 valence electrons. The molecule has 1 aliphatic heterocycles. The number of nitrogens with zero attached hydrogens (tertiary/aromatic N) is 1. The van der Waals surface area contributed by atoms with E-state index in [0.29, 0.717) is 17.9 Å². The summed E-state index contributed by atoms with van der Waals surface area (Å²) >= 11 is 5.90. The first-order chi connectivity index (χ1) is 13.4. The maximum Gasteiger partial charge on any atom is 0.365 e. The minimum atomic E-state index is -0.590. The van der Waals surface area contributed by atoms with E-state index in [2.05, 4.69) is 5.32 Å². The molecule has 8 nitrogen and oxygen atoms in total. The number of anilines is 1. The third-order valence-corrected chi connectivity index (χ3v) is 4.99. The first kappa shape index (κ1) is 19.8. The summed E-state index contributed by atoms with van der Waals surface area (Å²) in [6, 6.07) is 11.2. The summed E-state index contributed by atoms with van der Waals surface area (Å²) in [5.74, 6) is -0.848. The van der Waals surface area contributed by atoms with Gasteiger partial charge >= 0.3 is 5.97 Å². The highest BCUT2D eigenvalue weighted by atomic mass is 35.5. The molecule has 0 saturated carbocycles. The Morgan fingerprint density at radius 3 is 2.68 bits per heavy atom. The lowest BCUT2D eigenvalue weighted by Crippen LogP contribution is -3.17. The molecule has 1 unspecified atom stereocenters.